The van der Waals surface area contributed by atoms with E-state index in [0.29, 0.717) is 24.7 Å². The van der Waals surface area contributed by atoms with Crippen LogP contribution in [0.1, 0.15) is 29.8 Å². The van der Waals surface area contributed by atoms with Gasteiger partial charge in [-0.25, -0.2) is 0 Å². The zero-order valence-electron chi connectivity index (χ0n) is 17.1. The molecule has 5 heteroatoms. The molecule has 3 rings (SSSR count). The number of hydrogen-bond acceptors (Lipinski definition) is 4. The standard InChI is InChI=1S/C23H30N2O3/c1-18(2)16-28-17-20-15-19(9-10-22(20)27-3)23(26)25-13-11-24(12-14-25)21-7-5-4-6-8-21/h4-10,15,18H,11-14,16-17H2,1-3H3. The highest BCUT2D eigenvalue weighted by molar-refractivity contribution is 5.94. The molecule has 0 bridgehead atoms. The minimum atomic E-state index is 0.0699. The second kappa shape index (κ2) is 9.60. The summed E-state index contributed by atoms with van der Waals surface area (Å²) in [6, 6.07) is 16.0. The van der Waals surface area contributed by atoms with Crippen LogP contribution in [-0.2, 0) is 11.3 Å². The summed E-state index contributed by atoms with van der Waals surface area (Å²) in [7, 11) is 1.64. The molecule has 0 atom stereocenters. The van der Waals surface area contributed by atoms with Crippen molar-refractivity contribution in [2.75, 3.05) is 44.8 Å². The normalized spacial score (nSPS) is 14.4. The molecule has 150 valence electrons. The average molecular weight is 383 g/mol. The Kier molecular flexibility index (Phi) is 6.93. The van der Waals surface area contributed by atoms with Crippen molar-refractivity contribution in [3.63, 3.8) is 0 Å². The number of hydrogen-bond donors (Lipinski definition) is 0. The van der Waals surface area contributed by atoms with Gasteiger partial charge in [0.1, 0.15) is 5.75 Å². The van der Waals surface area contributed by atoms with Crippen LogP contribution < -0.4 is 9.64 Å². The third-order valence-corrected chi connectivity index (χ3v) is 4.92. The Bertz CT molecular complexity index is 769. The Balaban J connectivity index is 1.64. The lowest BCUT2D eigenvalue weighted by Gasteiger charge is -2.36. The van der Waals surface area contributed by atoms with Crippen LogP contribution in [-0.4, -0.2) is 50.7 Å². The number of nitrogens with zero attached hydrogens (tertiary/aromatic N) is 2. The van der Waals surface area contributed by atoms with Gasteiger partial charge >= 0.3 is 0 Å². The van der Waals surface area contributed by atoms with Gasteiger partial charge in [0.25, 0.3) is 5.91 Å². The third kappa shape index (κ3) is 5.04. The van der Waals surface area contributed by atoms with E-state index in [-0.39, 0.29) is 5.91 Å². The Labute approximate surface area is 167 Å². The number of carbonyl (C=O) groups excluding carboxylic acids is 1. The van der Waals surface area contributed by atoms with E-state index in [1.54, 1.807) is 7.11 Å². The molecule has 0 spiro atoms. The Morgan fingerprint density at radius 1 is 1.04 bits per heavy atom. The van der Waals surface area contributed by atoms with E-state index in [2.05, 4.69) is 30.9 Å². The molecule has 5 nitrogen and oxygen atoms in total. The van der Waals surface area contributed by atoms with E-state index in [9.17, 15) is 4.79 Å². The summed E-state index contributed by atoms with van der Waals surface area (Å²) in [6.07, 6.45) is 0. The molecule has 1 aliphatic rings. The number of benzene rings is 2. The summed E-state index contributed by atoms with van der Waals surface area (Å²) in [4.78, 5) is 17.3. The molecule has 0 aliphatic carbocycles. The van der Waals surface area contributed by atoms with Gasteiger partial charge in [-0.05, 0) is 36.2 Å². The van der Waals surface area contributed by atoms with Gasteiger partial charge in [0, 0.05) is 49.6 Å². The molecule has 0 N–H and O–H groups in total. The van der Waals surface area contributed by atoms with Crippen LogP contribution in [0, 0.1) is 5.92 Å². The van der Waals surface area contributed by atoms with Crippen molar-refractivity contribution in [2.24, 2.45) is 5.92 Å². The van der Waals surface area contributed by atoms with Crippen LogP contribution >= 0.6 is 0 Å². The predicted molar refractivity (Wildman–Crippen MR) is 112 cm³/mol. The van der Waals surface area contributed by atoms with E-state index in [4.69, 9.17) is 9.47 Å². The number of carbonyl (C=O) groups is 1. The van der Waals surface area contributed by atoms with Gasteiger partial charge in [0.05, 0.1) is 13.7 Å². The monoisotopic (exact) mass is 382 g/mol. The van der Waals surface area contributed by atoms with Gasteiger partial charge in [0.2, 0.25) is 0 Å². The molecule has 2 aromatic rings. The van der Waals surface area contributed by atoms with Gasteiger partial charge in [-0.2, -0.15) is 0 Å². The molecule has 28 heavy (non-hydrogen) atoms. The summed E-state index contributed by atoms with van der Waals surface area (Å²) in [6.45, 7) is 8.50. The minimum absolute atomic E-state index is 0.0699. The number of amides is 1. The molecule has 0 saturated carbocycles. The van der Waals surface area contributed by atoms with E-state index in [0.717, 1.165) is 37.5 Å². The van der Waals surface area contributed by atoms with Crippen LogP contribution in [0.15, 0.2) is 48.5 Å². The maximum absolute atomic E-state index is 13.0. The van der Waals surface area contributed by atoms with Crippen molar-refractivity contribution in [1.82, 2.24) is 4.90 Å². The number of methoxy groups -OCH3 is 1. The lowest BCUT2D eigenvalue weighted by molar-refractivity contribution is 0.0745. The zero-order valence-corrected chi connectivity index (χ0v) is 17.1. The Morgan fingerprint density at radius 2 is 1.75 bits per heavy atom. The maximum Gasteiger partial charge on any atom is 0.253 e. The van der Waals surface area contributed by atoms with E-state index < -0.39 is 0 Å². The molecule has 0 aromatic heterocycles. The molecule has 1 aliphatic heterocycles. The fraction of sp³-hybridized carbons (Fsp3) is 0.435. The second-order valence-corrected chi connectivity index (χ2v) is 7.55. The highest BCUT2D eigenvalue weighted by Gasteiger charge is 2.23. The third-order valence-electron chi connectivity index (χ3n) is 4.92. The SMILES string of the molecule is COc1ccc(C(=O)N2CCN(c3ccccc3)CC2)cc1COCC(C)C. The molecule has 1 amide bonds. The zero-order chi connectivity index (χ0) is 19.9. The molecule has 1 fully saturated rings. The van der Waals surface area contributed by atoms with Crippen molar-refractivity contribution >= 4 is 11.6 Å². The van der Waals surface area contributed by atoms with Gasteiger partial charge < -0.3 is 19.3 Å². The summed E-state index contributed by atoms with van der Waals surface area (Å²) >= 11 is 0. The van der Waals surface area contributed by atoms with Crippen LogP contribution in [0.5, 0.6) is 5.75 Å². The number of rotatable bonds is 7. The predicted octanol–water partition coefficient (Wildman–Crippen LogP) is 3.83. The van der Waals surface area contributed by atoms with E-state index in [1.807, 2.05) is 41.3 Å². The van der Waals surface area contributed by atoms with E-state index in [1.165, 1.54) is 5.69 Å². The van der Waals surface area contributed by atoms with E-state index >= 15 is 0 Å². The average Bonchev–Trinajstić information content (AvgIpc) is 2.73. The van der Waals surface area contributed by atoms with Crippen molar-refractivity contribution in [1.29, 1.82) is 0 Å². The number of para-hydroxylation sites is 1. The summed E-state index contributed by atoms with van der Waals surface area (Å²) in [5, 5.41) is 0. The van der Waals surface area contributed by atoms with Gasteiger partial charge in [-0.1, -0.05) is 32.0 Å². The van der Waals surface area contributed by atoms with Crippen molar-refractivity contribution < 1.29 is 14.3 Å². The molecule has 2 aromatic carbocycles. The molecule has 1 saturated heterocycles. The lowest BCUT2D eigenvalue weighted by Crippen LogP contribution is -2.48. The highest BCUT2D eigenvalue weighted by atomic mass is 16.5. The van der Waals surface area contributed by atoms with Gasteiger partial charge in [-0.15, -0.1) is 0 Å². The van der Waals surface area contributed by atoms with Gasteiger partial charge in [0.15, 0.2) is 0 Å². The smallest absolute Gasteiger partial charge is 0.253 e. The Hall–Kier alpha value is -2.53. The Morgan fingerprint density at radius 3 is 2.39 bits per heavy atom. The van der Waals surface area contributed by atoms with Crippen molar-refractivity contribution in [2.45, 2.75) is 20.5 Å². The fourth-order valence-corrected chi connectivity index (χ4v) is 3.42. The lowest BCUT2D eigenvalue weighted by atomic mass is 10.1. The van der Waals surface area contributed by atoms with Crippen LogP contribution in [0.25, 0.3) is 0 Å². The summed E-state index contributed by atoms with van der Waals surface area (Å²) < 4.78 is 11.2. The molecular weight excluding hydrogens is 352 g/mol. The first-order valence-electron chi connectivity index (χ1n) is 9.92. The van der Waals surface area contributed by atoms with Crippen LogP contribution in [0.2, 0.25) is 0 Å². The largest absolute Gasteiger partial charge is 0.496 e. The maximum atomic E-state index is 13.0. The topological polar surface area (TPSA) is 42.0 Å². The first kappa shape index (κ1) is 20.2. The van der Waals surface area contributed by atoms with Crippen molar-refractivity contribution in [3.05, 3.63) is 59.7 Å². The first-order chi connectivity index (χ1) is 13.6. The minimum Gasteiger partial charge on any atom is -0.496 e. The highest BCUT2D eigenvalue weighted by Crippen LogP contribution is 2.23. The fourth-order valence-electron chi connectivity index (χ4n) is 3.42. The molecule has 0 radical (unpaired) electrons. The van der Waals surface area contributed by atoms with Crippen molar-refractivity contribution in [3.8, 4) is 5.75 Å². The van der Waals surface area contributed by atoms with Gasteiger partial charge in [-0.3, -0.25) is 4.79 Å². The summed E-state index contributed by atoms with van der Waals surface area (Å²) in [5.74, 6) is 1.30. The second-order valence-electron chi connectivity index (χ2n) is 7.55. The first-order valence-corrected chi connectivity index (χ1v) is 9.92. The number of piperazine rings is 1. The molecule has 1 heterocycles. The quantitative estimate of drug-likeness (QED) is 0.730. The molecular formula is C23H30N2O3. The summed E-state index contributed by atoms with van der Waals surface area (Å²) in [5.41, 5.74) is 2.82. The number of ether oxygens (including phenoxy) is 2. The van der Waals surface area contributed by atoms with Crippen LogP contribution in [0.4, 0.5) is 5.69 Å². The number of anilines is 1. The van der Waals surface area contributed by atoms with Crippen LogP contribution in [0.3, 0.4) is 0 Å². The molecule has 0 unspecified atom stereocenters.